The Kier molecular flexibility index (Phi) is 9.61. The van der Waals surface area contributed by atoms with E-state index in [0.29, 0.717) is 43.9 Å². The maximum absolute atomic E-state index is 13.0. The summed E-state index contributed by atoms with van der Waals surface area (Å²) in [5.74, 6) is -0.0587. The number of amides is 3. The van der Waals surface area contributed by atoms with Crippen LogP contribution in [0.5, 0.6) is 11.5 Å². The Labute approximate surface area is 248 Å². The number of halogens is 3. The van der Waals surface area contributed by atoms with E-state index in [-0.39, 0.29) is 29.2 Å². The summed E-state index contributed by atoms with van der Waals surface area (Å²) in [4.78, 5) is 39.5. The molecule has 0 aromatic heterocycles. The van der Waals surface area contributed by atoms with Crippen molar-refractivity contribution in [1.29, 1.82) is 0 Å². The van der Waals surface area contributed by atoms with E-state index in [1.54, 1.807) is 54.6 Å². The van der Waals surface area contributed by atoms with Gasteiger partial charge in [-0.3, -0.25) is 19.3 Å². The minimum Gasteiger partial charge on any atom is -0.490 e. The summed E-state index contributed by atoms with van der Waals surface area (Å²) in [6.45, 7) is 3.89. The van der Waals surface area contributed by atoms with Gasteiger partial charge in [0.25, 0.3) is 17.1 Å². The molecule has 3 aromatic rings. The monoisotopic (exact) mass is 648 g/mol. The maximum Gasteiger partial charge on any atom is 0.293 e. The highest BCUT2D eigenvalue weighted by molar-refractivity contribution is 9.10. The molecule has 0 aliphatic carbocycles. The van der Waals surface area contributed by atoms with Crippen LogP contribution in [0.3, 0.4) is 0 Å². The first-order chi connectivity index (χ1) is 18.6. The number of imide groups is 1. The summed E-state index contributed by atoms with van der Waals surface area (Å²) in [6, 6.07) is 15.7. The van der Waals surface area contributed by atoms with E-state index in [9.17, 15) is 14.4 Å². The maximum atomic E-state index is 13.0. The quantitative estimate of drug-likeness (QED) is 0.239. The van der Waals surface area contributed by atoms with Gasteiger partial charge in [0, 0.05) is 15.7 Å². The van der Waals surface area contributed by atoms with Gasteiger partial charge in [-0.15, -0.1) is 0 Å². The van der Waals surface area contributed by atoms with Crippen LogP contribution in [-0.4, -0.2) is 35.2 Å². The zero-order valence-corrected chi connectivity index (χ0v) is 24.8. The molecule has 39 heavy (non-hydrogen) atoms. The largest absolute Gasteiger partial charge is 0.490 e. The van der Waals surface area contributed by atoms with Gasteiger partial charge in [0.15, 0.2) is 18.1 Å². The molecule has 1 saturated heterocycles. The Morgan fingerprint density at radius 2 is 1.90 bits per heavy atom. The standard InChI is InChI=1S/C28H23BrCl2N2O5S/c1-3-37-23-11-18(12-24-27(35)33(28(36)39-24)14-17-5-4-6-19(30)9-17)10-21(29)26(23)38-15-25(34)32-20-8-7-16(2)22(31)13-20/h4-13H,3,14-15H2,1-2H3,(H,32,34)/b24-12-. The van der Waals surface area contributed by atoms with Crippen molar-refractivity contribution in [2.24, 2.45) is 0 Å². The molecule has 202 valence electrons. The van der Waals surface area contributed by atoms with Crippen molar-refractivity contribution >= 4 is 79.7 Å². The zero-order chi connectivity index (χ0) is 28.1. The molecule has 1 fully saturated rings. The molecule has 1 heterocycles. The average Bonchev–Trinajstić information content (AvgIpc) is 3.13. The van der Waals surface area contributed by atoms with Gasteiger partial charge in [-0.2, -0.15) is 0 Å². The zero-order valence-electron chi connectivity index (χ0n) is 20.9. The Morgan fingerprint density at radius 1 is 1.10 bits per heavy atom. The molecular formula is C28H23BrCl2N2O5S. The number of nitrogens with one attached hydrogen (secondary N) is 1. The lowest BCUT2D eigenvalue weighted by molar-refractivity contribution is -0.123. The number of anilines is 1. The van der Waals surface area contributed by atoms with Crippen LogP contribution in [0.2, 0.25) is 10.0 Å². The van der Waals surface area contributed by atoms with Gasteiger partial charge in [0.1, 0.15) is 0 Å². The third-order valence-corrected chi connectivity index (χ3v) is 7.67. The number of carbonyl (C=O) groups is 3. The van der Waals surface area contributed by atoms with E-state index in [2.05, 4.69) is 21.2 Å². The molecule has 0 atom stereocenters. The fourth-order valence-electron chi connectivity index (χ4n) is 3.69. The predicted octanol–water partition coefficient (Wildman–Crippen LogP) is 7.72. The highest BCUT2D eigenvalue weighted by Crippen LogP contribution is 2.39. The molecule has 3 aromatic carbocycles. The third kappa shape index (κ3) is 7.36. The van der Waals surface area contributed by atoms with E-state index in [1.165, 1.54) is 4.90 Å². The summed E-state index contributed by atoms with van der Waals surface area (Å²) in [5, 5.41) is 3.46. The lowest BCUT2D eigenvalue weighted by atomic mass is 10.1. The second kappa shape index (κ2) is 12.9. The smallest absolute Gasteiger partial charge is 0.293 e. The molecule has 4 rings (SSSR count). The SMILES string of the molecule is CCOc1cc(/C=C2\SC(=O)N(Cc3cccc(Cl)c3)C2=O)cc(Br)c1OCC(=O)Nc1ccc(C)c(Cl)c1. The second-order valence-electron chi connectivity index (χ2n) is 8.46. The molecule has 0 bridgehead atoms. The molecule has 0 saturated carbocycles. The lowest BCUT2D eigenvalue weighted by Crippen LogP contribution is -2.27. The number of benzene rings is 3. The molecule has 1 aliphatic heterocycles. The van der Waals surface area contributed by atoms with Gasteiger partial charge in [0.05, 0.1) is 22.5 Å². The van der Waals surface area contributed by atoms with Crippen LogP contribution in [-0.2, 0) is 16.1 Å². The van der Waals surface area contributed by atoms with Crippen molar-refractivity contribution in [3.8, 4) is 11.5 Å². The predicted molar refractivity (Wildman–Crippen MR) is 159 cm³/mol. The number of thioether (sulfide) groups is 1. The van der Waals surface area contributed by atoms with Gasteiger partial charge in [-0.05, 0) is 101 Å². The number of ether oxygens (including phenoxy) is 2. The Hall–Kier alpha value is -2.98. The summed E-state index contributed by atoms with van der Waals surface area (Å²) >= 11 is 16.5. The molecular weight excluding hydrogens is 627 g/mol. The van der Waals surface area contributed by atoms with E-state index in [1.807, 2.05) is 19.9 Å². The normalized spacial score (nSPS) is 14.2. The van der Waals surface area contributed by atoms with Crippen molar-refractivity contribution in [3.05, 3.63) is 90.7 Å². The van der Waals surface area contributed by atoms with Gasteiger partial charge in [0.2, 0.25) is 0 Å². The van der Waals surface area contributed by atoms with Gasteiger partial charge >= 0.3 is 0 Å². The molecule has 11 heteroatoms. The van der Waals surface area contributed by atoms with Crippen molar-refractivity contribution < 1.29 is 23.9 Å². The molecule has 1 N–H and O–H groups in total. The molecule has 0 radical (unpaired) electrons. The molecule has 0 unspecified atom stereocenters. The number of hydrogen-bond acceptors (Lipinski definition) is 6. The van der Waals surface area contributed by atoms with Crippen LogP contribution < -0.4 is 14.8 Å². The number of aryl methyl sites for hydroxylation is 1. The number of nitrogens with zero attached hydrogens (tertiary/aromatic N) is 1. The van der Waals surface area contributed by atoms with E-state index >= 15 is 0 Å². The number of carbonyl (C=O) groups excluding carboxylic acids is 3. The van der Waals surface area contributed by atoms with Crippen LogP contribution in [0.15, 0.2) is 64.0 Å². The minimum atomic E-state index is -0.396. The minimum absolute atomic E-state index is 0.125. The molecule has 0 spiro atoms. The first-order valence-electron chi connectivity index (χ1n) is 11.8. The van der Waals surface area contributed by atoms with Crippen molar-refractivity contribution in [3.63, 3.8) is 0 Å². The summed E-state index contributed by atoms with van der Waals surface area (Å²) in [7, 11) is 0. The highest BCUT2D eigenvalue weighted by atomic mass is 79.9. The van der Waals surface area contributed by atoms with E-state index in [4.69, 9.17) is 32.7 Å². The fourth-order valence-corrected chi connectivity index (χ4v) is 5.49. The molecule has 7 nitrogen and oxygen atoms in total. The van der Waals surface area contributed by atoms with Gasteiger partial charge in [-0.25, -0.2) is 0 Å². The van der Waals surface area contributed by atoms with Crippen LogP contribution in [0.25, 0.3) is 6.08 Å². The third-order valence-electron chi connectivity index (χ3n) is 5.54. The first kappa shape index (κ1) is 29.0. The Bertz CT molecular complexity index is 1480. The summed E-state index contributed by atoms with van der Waals surface area (Å²) in [6.07, 6.45) is 1.62. The summed E-state index contributed by atoms with van der Waals surface area (Å²) in [5.41, 5.74) is 2.83. The van der Waals surface area contributed by atoms with Crippen molar-refractivity contribution in [2.75, 3.05) is 18.5 Å². The van der Waals surface area contributed by atoms with Crippen LogP contribution in [0.1, 0.15) is 23.6 Å². The van der Waals surface area contributed by atoms with Crippen LogP contribution in [0.4, 0.5) is 10.5 Å². The summed E-state index contributed by atoms with van der Waals surface area (Å²) < 4.78 is 12.0. The van der Waals surface area contributed by atoms with Gasteiger partial charge < -0.3 is 14.8 Å². The second-order valence-corrected chi connectivity index (χ2v) is 11.2. The number of hydrogen-bond donors (Lipinski definition) is 1. The van der Waals surface area contributed by atoms with Gasteiger partial charge in [-0.1, -0.05) is 41.4 Å². The molecule has 1 aliphatic rings. The van der Waals surface area contributed by atoms with E-state index < -0.39 is 5.91 Å². The van der Waals surface area contributed by atoms with E-state index in [0.717, 1.165) is 22.9 Å². The topological polar surface area (TPSA) is 84.9 Å². The Balaban J connectivity index is 1.48. The molecule has 3 amide bonds. The van der Waals surface area contributed by atoms with Crippen LogP contribution >= 0.6 is 50.9 Å². The number of rotatable bonds is 9. The van der Waals surface area contributed by atoms with Crippen molar-refractivity contribution in [2.45, 2.75) is 20.4 Å². The Morgan fingerprint density at radius 3 is 2.62 bits per heavy atom. The average molecular weight is 650 g/mol. The first-order valence-corrected chi connectivity index (χ1v) is 14.2. The van der Waals surface area contributed by atoms with Crippen LogP contribution in [0, 0.1) is 6.92 Å². The fraction of sp³-hybridized carbons (Fsp3) is 0.179. The van der Waals surface area contributed by atoms with Crippen molar-refractivity contribution in [1.82, 2.24) is 4.90 Å². The lowest BCUT2D eigenvalue weighted by Gasteiger charge is -2.15. The highest BCUT2D eigenvalue weighted by Gasteiger charge is 2.35.